The van der Waals surface area contributed by atoms with Crippen LogP contribution in [0.3, 0.4) is 0 Å². The summed E-state index contributed by atoms with van der Waals surface area (Å²) in [5.41, 5.74) is 2.60. The van der Waals surface area contributed by atoms with E-state index in [2.05, 4.69) is 15.2 Å². The third-order valence-corrected chi connectivity index (χ3v) is 5.04. The number of fused-ring (bicyclic) bond motifs is 1. The molecule has 148 valence electrons. The van der Waals surface area contributed by atoms with Crippen LogP contribution in [0.2, 0.25) is 0 Å². The lowest BCUT2D eigenvalue weighted by Gasteiger charge is -2.15. The van der Waals surface area contributed by atoms with E-state index in [1.807, 2.05) is 24.7 Å². The fourth-order valence-corrected chi connectivity index (χ4v) is 3.27. The predicted molar refractivity (Wildman–Crippen MR) is 98.4 cm³/mol. The van der Waals surface area contributed by atoms with E-state index >= 15 is 0 Å². The van der Waals surface area contributed by atoms with Gasteiger partial charge in [0.25, 0.3) is 12.3 Å². The average Bonchev–Trinajstić information content (AvgIpc) is 3.33. The second kappa shape index (κ2) is 6.96. The Balaban J connectivity index is 1.63. The van der Waals surface area contributed by atoms with E-state index in [1.165, 1.54) is 17.0 Å². The van der Waals surface area contributed by atoms with Crippen molar-refractivity contribution in [1.82, 2.24) is 29.3 Å². The van der Waals surface area contributed by atoms with Gasteiger partial charge in [-0.25, -0.2) is 18.3 Å². The number of nitrogens with zero attached hydrogens (tertiary/aromatic N) is 6. The molecule has 0 aromatic carbocycles. The molecule has 4 rings (SSSR count). The first-order valence-electron chi connectivity index (χ1n) is 9.34. The molecule has 0 spiro atoms. The van der Waals surface area contributed by atoms with Crippen molar-refractivity contribution in [2.45, 2.75) is 52.1 Å². The van der Waals surface area contributed by atoms with Crippen LogP contribution in [-0.4, -0.2) is 42.2 Å². The highest BCUT2D eigenvalue weighted by atomic mass is 19.3. The summed E-state index contributed by atoms with van der Waals surface area (Å²) < 4.78 is 29.9. The Morgan fingerprint density at radius 2 is 2.07 bits per heavy atom. The molecule has 1 saturated carbocycles. The van der Waals surface area contributed by atoms with Crippen LogP contribution in [-0.2, 0) is 13.1 Å². The quantitative estimate of drug-likeness (QED) is 0.650. The molecule has 1 aliphatic carbocycles. The number of aromatic nitrogens is 5. The minimum atomic E-state index is -2.69. The highest BCUT2D eigenvalue weighted by Crippen LogP contribution is 2.40. The fourth-order valence-electron chi connectivity index (χ4n) is 3.27. The first-order valence-corrected chi connectivity index (χ1v) is 9.34. The van der Waals surface area contributed by atoms with Gasteiger partial charge in [-0.2, -0.15) is 10.2 Å². The molecule has 7 nitrogen and oxygen atoms in total. The van der Waals surface area contributed by atoms with Gasteiger partial charge in [0, 0.05) is 49.6 Å². The molecule has 0 aliphatic heterocycles. The number of carbonyl (C=O) groups is 1. The zero-order chi connectivity index (χ0) is 20.0. The van der Waals surface area contributed by atoms with Gasteiger partial charge >= 0.3 is 0 Å². The monoisotopic (exact) mass is 388 g/mol. The minimum Gasteiger partial charge on any atom is -0.336 e. The first-order chi connectivity index (χ1) is 13.4. The summed E-state index contributed by atoms with van der Waals surface area (Å²) in [6.45, 7) is 4.99. The molecule has 9 heteroatoms. The summed E-state index contributed by atoms with van der Waals surface area (Å²) in [5, 5.41) is 8.50. The molecule has 3 aromatic heterocycles. The summed E-state index contributed by atoms with van der Waals surface area (Å²) in [6, 6.07) is 2.89. The highest BCUT2D eigenvalue weighted by molar-refractivity contribution is 5.93. The van der Waals surface area contributed by atoms with Gasteiger partial charge in [-0.1, -0.05) is 0 Å². The molecule has 3 aromatic rings. The topological polar surface area (TPSA) is 68.3 Å². The summed E-state index contributed by atoms with van der Waals surface area (Å²) in [4.78, 5) is 18.8. The van der Waals surface area contributed by atoms with Crippen LogP contribution in [0, 0.1) is 6.92 Å². The van der Waals surface area contributed by atoms with Gasteiger partial charge in [-0.3, -0.25) is 9.48 Å². The van der Waals surface area contributed by atoms with Crippen LogP contribution >= 0.6 is 0 Å². The Hall–Kier alpha value is -2.84. The van der Waals surface area contributed by atoms with E-state index in [0.717, 1.165) is 35.2 Å². The van der Waals surface area contributed by atoms with Crippen molar-refractivity contribution in [3.63, 3.8) is 0 Å². The molecular formula is C19H22F2N6O. The Bertz CT molecular complexity index is 1040. The Labute approximate surface area is 161 Å². The largest absolute Gasteiger partial charge is 0.336 e. The number of amides is 1. The number of hydrogen-bond donors (Lipinski definition) is 0. The Morgan fingerprint density at radius 1 is 1.32 bits per heavy atom. The molecule has 1 fully saturated rings. The van der Waals surface area contributed by atoms with Crippen LogP contribution in [0.1, 0.15) is 65.2 Å². The molecule has 0 N–H and O–H groups in total. The highest BCUT2D eigenvalue weighted by Gasteiger charge is 2.28. The molecule has 0 saturated heterocycles. The van der Waals surface area contributed by atoms with E-state index in [4.69, 9.17) is 0 Å². The van der Waals surface area contributed by atoms with Gasteiger partial charge in [0.05, 0.1) is 5.69 Å². The maximum Gasteiger partial charge on any atom is 0.280 e. The Kier molecular flexibility index (Phi) is 4.60. The van der Waals surface area contributed by atoms with Crippen LogP contribution in [0.15, 0.2) is 18.3 Å². The van der Waals surface area contributed by atoms with E-state index in [0.29, 0.717) is 12.2 Å². The summed E-state index contributed by atoms with van der Waals surface area (Å²) in [6.07, 6.45) is 1.13. The normalized spacial score (nSPS) is 14.2. The van der Waals surface area contributed by atoms with Gasteiger partial charge < -0.3 is 4.90 Å². The van der Waals surface area contributed by atoms with Crippen molar-refractivity contribution in [3.05, 3.63) is 46.7 Å². The standard InChI is InChI=1S/C19H22F2N6O/c1-4-26-10-13(11(2)23-26)9-25(3)19(28)15-8-17-22-14(12-5-6-12)7-16(18(20)21)27(17)24-15/h7-8,10,12,18H,4-6,9H2,1-3H3. The SMILES string of the molecule is CCn1cc(CN(C)C(=O)c2cc3nc(C4CC4)cc(C(F)F)n3n2)c(C)n1. The van der Waals surface area contributed by atoms with Gasteiger partial charge in [0.2, 0.25) is 0 Å². The van der Waals surface area contributed by atoms with Crippen LogP contribution < -0.4 is 0 Å². The van der Waals surface area contributed by atoms with Gasteiger partial charge in [-0.05, 0) is 32.8 Å². The summed E-state index contributed by atoms with van der Waals surface area (Å²) in [5.74, 6) is -0.111. The number of aryl methyl sites for hydroxylation is 2. The summed E-state index contributed by atoms with van der Waals surface area (Å²) >= 11 is 0. The molecule has 0 unspecified atom stereocenters. The average molecular weight is 388 g/mol. The number of alkyl halides is 2. The fraction of sp³-hybridized carbons (Fsp3) is 0.474. The van der Waals surface area contributed by atoms with Crippen molar-refractivity contribution in [2.75, 3.05) is 7.05 Å². The number of hydrogen-bond acceptors (Lipinski definition) is 4. The minimum absolute atomic E-state index is 0.102. The molecule has 0 bridgehead atoms. The van der Waals surface area contributed by atoms with E-state index < -0.39 is 6.43 Å². The second-order valence-electron chi connectivity index (χ2n) is 7.24. The van der Waals surface area contributed by atoms with E-state index in [1.54, 1.807) is 7.05 Å². The van der Waals surface area contributed by atoms with Crippen molar-refractivity contribution in [1.29, 1.82) is 0 Å². The first kappa shape index (κ1) is 18.5. The van der Waals surface area contributed by atoms with Gasteiger partial charge in [-0.15, -0.1) is 0 Å². The van der Waals surface area contributed by atoms with Crippen LogP contribution in [0.25, 0.3) is 5.65 Å². The number of rotatable bonds is 6. The molecule has 1 amide bonds. The molecular weight excluding hydrogens is 366 g/mol. The maximum absolute atomic E-state index is 13.5. The zero-order valence-corrected chi connectivity index (χ0v) is 16.1. The maximum atomic E-state index is 13.5. The summed E-state index contributed by atoms with van der Waals surface area (Å²) in [7, 11) is 1.66. The smallest absolute Gasteiger partial charge is 0.280 e. The van der Waals surface area contributed by atoms with E-state index in [9.17, 15) is 13.6 Å². The van der Waals surface area contributed by atoms with Gasteiger partial charge in [0.1, 0.15) is 5.69 Å². The van der Waals surface area contributed by atoms with Crippen molar-refractivity contribution in [2.24, 2.45) is 0 Å². The lowest BCUT2D eigenvalue weighted by Crippen LogP contribution is -2.26. The van der Waals surface area contributed by atoms with Crippen molar-refractivity contribution < 1.29 is 13.6 Å². The van der Waals surface area contributed by atoms with Crippen LogP contribution in [0.4, 0.5) is 8.78 Å². The second-order valence-corrected chi connectivity index (χ2v) is 7.24. The predicted octanol–water partition coefficient (Wildman–Crippen LogP) is 3.34. The van der Waals surface area contributed by atoms with Crippen molar-refractivity contribution >= 4 is 11.6 Å². The molecule has 1 aliphatic rings. The van der Waals surface area contributed by atoms with Crippen molar-refractivity contribution in [3.8, 4) is 0 Å². The zero-order valence-electron chi connectivity index (χ0n) is 16.1. The Morgan fingerprint density at radius 3 is 2.68 bits per heavy atom. The third kappa shape index (κ3) is 3.36. The third-order valence-electron chi connectivity index (χ3n) is 5.04. The lowest BCUT2D eigenvalue weighted by molar-refractivity contribution is 0.0778. The molecule has 3 heterocycles. The molecule has 0 radical (unpaired) electrons. The van der Waals surface area contributed by atoms with Crippen LogP contribution in [0.5, 0.6) is 0 Å². The lowest BCUT2D eigenvalue weighted by atomic mass is 10.2. The number of halogens is 2. The van der Waals surface area contributed by atoms with E-state index in [-0.39, 0.29) is 28.9 Å². The molecule has 0 atom stereocenters. The number of carbonyl (C=O) groups excluding carboxylic acids is 1. The molecule has 28 heavy (non-hydrogen) atoms. The van der Waals surface area contributed by atoms with Gasteiger partial charge in [0.15, 0.2) is 11.3 Å².